The summed E-state index contributed by atoms with van der Waals surface area (Å²) in [5.74, 6) is 2.15. The van der Waals surface area contributed by atoms with E-state index in [1.165, 1.54) is 5.56 Å². The lowest BCUT2D eigenvalue weighted by Crippen LogP contribution is -2.41. The van der Waals surface area contributed by atoms with Gasteiger partial charge in [-0.2, -0.15) is 0 Å². The molecule has 3 rings (SSSR count). The van der Waals surface area contributed by atoms with Crippen LogP contribution in [0.1, 0.15) is 30.9 Å². The zero-order valence-electron chi connectivity index (χ0n) is 18.5. The standard InChI is InChI=1S/C24H32N4O3/c1-17-6-4-9-22(12-17)31-18(2)14-26-24(25-3)27-15-19-7-5-8-21(13-19)30-16-23(29)28-20-10-11-20/h4-9,12-13,18,20H,10-11,14-16H2,1-3H3,(H,28,29)(H2,25,26,27). The number of ether oxygens (including phenoxy) is 2. The summed E-state index contributed by atoms with van der Waals surface area (Å²) in [5, 5.41) is 9.49. The smallest absolute Gasteiger partial charge is 0.258 e. The monoisotopic (exact) mass is 424 g/mol. The molecule has 0 aromatic heterocycles. The van der Waals surface area contributed by atoms with Gasteiger partial charge in [-0.05, 0) is 62.1 Å². The van der Waals surface area contributed by atoms with Crippen molar-refractivity contribution in [3.8, 4) is 11.5 Å². The van der Waals surface area contributed by atoms with E-state index in [1.54, 1.807) is 7.05 Å². The van der Waals surface area contributed by atoms with Crippen molar-refractivity contribution in [1.29, 1.82) is 0 Å². The lowest BCUT2D eigenvalue weighted by molar-refractivity contribution is -0.123. The summed E-state index contributed by atoms with van der Waals surface area (Å²) in [6.45, 7) is 5.30. The van der Waals surface area contributed by atoms with Crippen LogP contribution in [0.15, 0.2) is 53.5 Å². The van der Waals surface area contributed by atoms with Crippen LogP contribution in [-0.4, -0.2) is 44.2 Å². The Balaban J connectivity index is 1.40. The molecule has 31 heavy (non-hydrogen) atoms. The van der Waals surface area contributed by atoms with Crippen molar-refractivity contribution in [3.63, 3.8) is 0 Å². The molecule has 0 aliphatic heterocycles. The summed E-state index contributed by atoms with van der Waals surface area (Å²) in [6, 6.07) is 16.1. The number of amides is 1. The summed E-state index contributed by atoms with van der Waals surface area (Å²) < 4.78 is 11.6. The van der Waals surface area contributed by atoms with Crippen LogP contribution >= 0.6 is 0 Å². The first-order chi connectivity index (χ1) is 15.0. The third-order valence-corrected chi connectivity index (χ3v) is 4.78. The van der Waals surface area contributed by atoms with Gasteiger partial charge in [-0.3, -0.25) is 9.79 Å². The van der Waals surface area contributed by atoms with Gasteiger partial charge < -0.3 is 25.4 Å². The van der Waals surface area contributed by atoms with E-state index in [2.05, 4.69) is 20.9 Å². The highest BCUT2D eigenvalue weighted by molar-refractivity contribution is 5.79. The molecule has 1 saturated carbocycles. The molecule has 2 aromatic carbocycles. The van der Waals surface area contributed by atoms with Crippen molar-refractivity contribution >= 4 is 11.9 Å². The first-order valence-electron chi connectivity index (χ1n) is 10.7. The van der Waals surface area contributed by atoms with Gasteiger partial charge in [0.15, 0.2) is 12.6 Å². The van der Waals surface area contributed by atoms with Crippen LogP contribution in [0.5, 0.6) is 11.5 Å². The molecule has 0 bridgehead atoms. The van der Waals surface area contributed by atoms with Gasteiger partial charge in [-0.25, -0.2) is 0 Å². The minimum absolute atomic E-state index is 0.0149. The second-order valence-corrected chi connectivity index (χ2v) is 7.83. The molecule has 7 heteroatoms. The van der Waals surface area contributed by atoms with Crippen LogP contribution in [0.25, 0.3) is 0 Å². The van der Waals surface area contributed by atoms with Gasteiger partial charge in [0.25, 0.3) is 5.91 Å². The molecule has 0 saturated heterocycles. The number of carbonyl (C=O) groups is 1. The van der Waals surface area contributed by atoms with Gasteiger partial charge in [0.2, 0.25) is 0 Å². The van der Waals surface area contributed by atoms with Gasteiger partial charge in [0, 0.05) is 19.6 Å². The number of hydrogen-bond acceptors (Lipinski definition) is 4. The summed E-state index contributed by atoms with van der Waals surface area (Å²) in [5.41, 5.74) is 2.21. The Bertz CT molecular complexity index is 896. The normalized spacial score (nSPS) is 14.5. The first kappa shape index (κ1) is 22.5. The number of hydrogen-bond donors (Lipinski definition) is 3. The lowest BCUT2D eigenvalue weighted by Gasteiger charge is -2.18. The first-order valence-corrected chi connectivity index (χ1v) is 10.7. The zero-order chi connectivity index (χ0) is 22.1. The molecule has 1 amide bonds. The fraction of sp³-hybridized carbons (Fsp3) is 0.417. The molecular weight excluding hydrogens is 392 g/mol. The number of aliphatic imine (C=N–C) groups is 1. The molecule has 166 valence electrons. The van der Waals surface area contributed by atoms with Gasteiger partial charge in [-0.15, -0.1) is 0 Å². The van der Waals surface area contributed by atoms with Crippen LogP contribution < -0.4 is 25.4 Å². The second-order valence-electron chi connectivity index (χ2n) is 7.83. The molecule has 2 aromatic rings. The van der Waals surface area contributed by atoms with E-state index in [4.69, 9.17) is 9.47 Å². The number of nitrogens with one attached hydrogen (secondary N) is 3. The van der Waals surface area contributed by atoms with Crippen LogP contribution in [0.3, 0.4) is 0 Å². The van der Waals surface area contributed by atoms with Gasteiger partial charge in [0.1, 0.15) is 17.6 Å². The van der Waals surface area contributed by atoms with E-state index >= 15 is 0 Å². The number of aryl methyl sites for hydroxylation is 1. The van der Waals surface area contributed by atoms with Gasteiger partial charge in [-0.1, -0.05) is 24.3 Å². The molecule has 1 fully saturated rings. The summed E-state index contributed by atoms with van der Waals surface area (Å²) >= 11 is 0. The minimum atomic E-state index is -0.0716. The Labute approximate surface area is 184 Å². The van der Waals surface area contributed by atoms with E-state index in [1.807, 2.05) is 62.4 Å². The van der Waals surface area contributed by atoms with Crippen LogP contribution in [0.4, 0.5) is 0 Å². The third kappa shape index (κ3) is 8.20. The number of guanidine groups is 1. The molecule has 1 atom stereocenters. The Hall–Kier alpha value is -3.22. The number of nitrogens with zero attached hydrogens (tertiary/aromatic N) is 1. The van der Waals surface area contributed by atoms with E-state index in [-0.39, 0.29) is 18.6 Å². The maximum atomic E-state index is 11.8. The highest BCUT2D eigenvalue weighted by Crippen LogP contribution is 2.18. The fourth-order valence-corrected chi connectivity index (χ4v) is 3.00. The quantitative estimate of drug-likeness (QED) is 0.404. The zero-order valence-corrected chi connectivity index (χ0v) is 18.5. The Morgan fingerprint density at radius 2 is 1.90 bits per heavy atom. The minimum Gasteiger partial charge on any atom is -0.489 e. The van der Waals surface area contributed by atoms with Crippen molar-refractivity contribution in [3.05, 3.63) is 59.7 Å². The van der Waals surface area contributed by atoms with Crippen LogP contribution in [-0.2, 0) is 11.3 Å². The Kier molecular flexibility index (Phi) is 8.15. The average molecular weight is 425 g/mol. The van der Waals surface area contributed by atoms with Gasteiger partial charge in [0.05, 0.1) is 6.54 Å². The third-order valence-electron chi connectivity index (χ3n) is 4.78. The molecule has 1 unspecified atom stereocenters. The maximum absolute atomic E-state index is 11.8. The van der Waals surface area contributed by atoms with Crippen LogP contribution in [0, 0.1) is 6.92 Å². The molecule has 0 spiro atoms. The number of benzene rings is 2. The summed E-state index contributed by atoms with van der Waals surface area (Å²) in [6.07, 6.45) is 2.12. The molecule has 0 radical (unpaired) electrons. The van der Waals surface area contributed by atoms with E-state index in [9.17, 15) is 4.79 Å². The molecule has 1 aliphatic carbocycles. The average Bonchev–Trinajstić information content (AvgIpc) is 3.57. The van der Waals surface area contributed by atoms with Gasteiger partial charge >= 0.3 is 0 Å². The highest BCUT2D eigenvalue weighted by Gasteiger charge is 2.23. The van der Waals surface area contributed by atoms with Crippen LogP contribution in [0.2, 0.25) is 0 Å². The topological polar surface area (TPSA) is 84.0 Å². The van der Waals surface area contributed by atoms with Crippen molar-refractivity contribution in [2.75, 3.05) is 20.2 Å². The number of carbonyl (C=O) groups excluding carboxylic acids is 1. The SMILES string of the molecule is CN=C(NCc1cccc(OCC(=O)NC2CC2)c1)NCC(C)Oc1cccc(C)c1. The number of rotatable bonds is 10. The van der Waals surface area contributed by atoms with E-state index in [0.29, 0.717) is 30.8 Å². The predicted molar refractivity (Wildman–Crippen MR) is 123 cm³/mol. The summed E-state index contributed by atoms with van der Waals surface area (Å²) in [4.78, 5) is 16.0. The molecule has 3 N–H and O–H groups in total. The van der Waals surface area contributed by atoms with E-state index < -0.39 is 0 Å². The highest BCUT2D eigenvalue weighted by atomic mass is 16.5. The molecular formula is C24H32N4O3. The Morgan fingerprint density at radius 3 is 2.65 bits per heavy atom. The molecule has 7 nitrogen and oxygen atoms in total. The molecule has 0 heterocycles. The van der Waals surface area contributed by atoms with Crippen molar-refractivity contribution in [2.45, 2.75) is 45.4 Å². The van der Waals surface area contributed by atoms with Crippen molar-refractivity contribution < 1.29 is 14.3 Å². The largest absolute Gasteiger partial charge is 0.489 e. The molecule has 1 aliphatic rings. The lowest BCUT2D eigenvalue weighted by atomic mass is 10.2. The summed E-state index contributed by atoms with van der Waals surface area (Å²) in [7, 11) is 1.74. The second kappa shape index (κ2) is 11.2. The fourth-order valence-electron chi connectivity index (χ4n) is 3.00. The van der Waals surface area contributed by atoms with E-state index in [0.717, 1.165) is 24.2 Å². The maximum Gasteiger partial charge on any atom is 0.258 e. The predicted octanol–water partition coefficient (Wildman–Crippen LogP) is 2.78. The van der Waals surface area contributed by atoms with Crippen molar-refractivity contribution in [1.82, 2.24) is 16.0 Å². The Morgan fingerprint density at radius 1 is 1.13 bits per heavy atom. The van der Waals surface area contributed by atoms with Crippen molar-refractivity contribution in [2.24, 2.45) is 4.99 Å².